The van der Waals surface area contributed by atoms with Crippen LogP contribution >= 0.6 is 0 Å². The van der Waals surface area contributed by atoms with E-state index in [1.54, 1.807) is 13.0 Å². The third-order valence-corrected chi connectivity index (χ3v) is 1.22. The van der Waals surface area contributed by atoms with Gasteiger partial charge < -0.3 is 10.6 Å². The fourth-order valence-corrected chi connectivity index (χ4v) is 0.608. The Hall–Kier alpha value is -1.83. The maximum atomic E-state index is 11.0. The summed E-state index contributed by atoms with van der Waals surface area (Å²) in [6.45, 7) is 2.15. The molecule has 70 valence electrons. The molecule has 0 atom stereocenters. The van der Waals surface area contributed by atoms with E-state index in [0.717, 1.165) is 6.08 Å². The molecule has 0 spiro atoms. The number of nitriles is 1. The van der Waals surface area contributed by atoms with E-state index < -0.39 is 11.8 Å². The molecule has 5 nitrogen and oxygen atoms in total. The zero-order valence-electron chi connectivity index (χ0n) is 7.55. The third kappa shape index (κ3) is 3.91. The van der Waals surface area contributed by atoms with Crippen LogP contribution in [0, 0.1) is 11.3 Å². The lowest BCUT2D eigenvalue weighted by molar-refractivity contribution is -0.118. The molecule has 0 radical (unpaired) electrons. The maximum absolute atomic E-state index is 11.0. The topological polar surface area (TPSA) is 82.0 Å². The number of carbonyl (C=O) groups excluding carboxylic acids is 2. The average Bonchev–Trinajstić information content (AvgIpc) is 2.14. The molecule has 0 heterocycles. The summed E-state index contributed by atoms with van der Waals surface area (Å²) in [4.78, 5) is 21.8. The van der Waals surface area contributed by atoms with Crippen molar-refractivity contribution in [3.8, 4) is 6.07 Å². The molecule has 0 rings (SSSR count). The molecule has 0 aromatic heterocycles. The molecule has 2 N–H and O–H groups in total. The summed E-state index contributed by atoms with van der Waals surface area (Å²) < 4.78 is 0. The Balaban J connectivity index is 4.52. The largest absolute Gasteiger partial charge is 0.356 e. The summed E-state index contributed by atoms with van der Waals surface area (Å²) in [5.74, 6) is -1.00. The van der Waals surface area contributed by atoms with Crippen molar-refractivity contribution in [1.29, 1.82) is 5.26 Å². The van der Waals surface area contributed by atoms with Gasteiger partial charge in [-0.15, -0.1) is 0 Å². The number of hydrogen-bond donors (Lipinski definition) is 2. The zero-order valence-corrected chi connectivity index (χ0v) is 7.55. The first kappa shape index (κ1) is 11.2. The van der Waals surface area contributed by atoms with E-state index in [9.17, 15) is 9.59 Å². The van der Waals surface area contributed by atoms with Crippen LogP contribution in [-0.4, -0.2) is 25.4 Å². The van der Waals surface area contributed by atoms with Gasteiger partial charge in [-0.05, 0) is 6.92 Å². The Morgan fingerprint density at radius 3 is 2.54 bits per heavy atom. The summed E-state index contributed by atoms with van der Waals surface area (Å²) in [7, 11) is 1.42. The van der Waals surface area contributed by atoms with Crippen molar-refractivity contribution >= 4 is 11.8 Å². The van der Waals surface area contributed by atoms with E-state index in [-0.39, 0.29) is 5.57 Å². The van der Waals surface area contributed by atoms with Crippen LogP contribution in [0.5, 0.6) is 0 Å². The molecule has 0 saturated heterocycles. The second-order valence-electron chi connectivity index (χ2n) is 2.14. The molecule has 13 heavy (non-hydrogen) atoms. The lowest BCUT2D eigenvalue weighted by Gasteiger charge is -1.98. The van der Waals surface area contributed by atoms with Gasteiger partial charge in [-0.3, -0.25) is 9.59 Å². The second-order valence-corrected chi connectivity index (χ2v) is 2.14. The fourth-order valence-electron chi connectivity index (χ4n) is 0.608. The number of nitrogens with zero attached hydrogens (tertiary/aromatic N) is 1. The summed E-state index contributed by atoms with van der Waals surface area (Å²) >= 11 is 0. The summed E-state index contributed by atoms with van der Waals surface area (Å²) in [6.07, 6.45) is 0.963. The summed E-state index contributed by atoms with van der Waals surface area (Å²) in [6, 6.07) is 1.64. The average molecular weight is 181 g/mol. The van der Waals surface area contributed by atoms with E-state index >= 15 is 0 Å². The van der Waals surface area contributed by atoms with Crippen LogP contribution in [0.25, 0.3) is 0 Å². The molecule has 0 bridgehead atoms. The Labute approximate surface area is 76.4 Å². The molecular formula is C8H11N3O2. The van der Waals surface area contributed by atoms with Crippen molar-refractivity contribution < 1.29 is 9.59 Å². The number of amides is 2. The van der Waals surface area contributed by atoms with Crippen molar-refractivity contribution in [1.82, 2.24) is 10.6 Å². The van der Waals surface area contributed by atoms with Crippen molar-refractivity contribution in [3.63, 3.8) is 0 Å². The second kappa shape index (κ2) is 5.77. The quantitative estimate of drug-likeness (QED) is 0.447. The van der Waals surface area contributed by atoms with Gasteiger partial charge in [0.15, 0.2) is 0 Å². The smallest absolute Gasteiger partial charge is 0.262 e. The highest BCUT2D eigenvalue weighted by atomic mass is 16.2. The number of carbonyl (C=O) groups is 2. The minimum absolute atomic E-state index is 0.193. The van der Waals surface area contributed by atoms with Crippen molar-refractivity contribution in [2.45, 2.75) is 6.92 Å². The Kier molecular flexibility index (Phi) is 4.96. The molecule has 2 amide bonds. The first-order valence-electron chi connectivity index (χ1n) is 3.77. The highest BCUT2D eigenvalue weighted by molar-refractivity contribution is 6.03. The van der Waals surface area contributed by atoms with E-state index in [2.05, 4.69) is 10.6 Å². The Morgan fingerprint density at radius 2 is 2.15 bits per heavy atom. The van der Waals surface area contributed by atoms with Gasteiger partial charge in [-0.1, -0.05) is 0 Å². The SMILES string of the molecule is CCNC(=O)/C(C#N)=C/C(=O)NC. The van der Waals surface area contributed by atoms with Gasteiger partial charge in [-0.25, -0.2) is 0 Å². The molecule has 0 saturated carbocycles. The van der Waals surface area contributed by atoms with Gasteiger partial charge in [-0.2, -0.15) is 5.26 Å². The van der Waals surface area contributed by atoms with Crippen LogP contribution in [0.2, 0.25) is 0 Å². The number of nitrogens with one attached hydrogen (secondary N) is 2. The van der Waals surface area contributed by atoms with Gasteiger partial charge >= 0.3 is 0 Å². The summed E-state index contributed by atoms with van der Waals surface area (Å²) in [5.41, 5.74) is -0.193. The third-order valence-electron chi connectivity index (χ3n) is 1.22. The van der Waals surface area contributed by atoms with Gasteiger partial charge in [0.05, 0.1) is 0 Å². The predicted molar refractivity (Wildman–Crippen MR) is 46.4 cm³/mol. The number of hydrogen-bond acceptors (Lipinski definition) is 3. The Bertz CT molecular complexity index is 276. The molecule has 0 aliphatic rings. The van der Waals surface area contributed by atoms with Crippen LogP contribution < -0.4 is 10.6 Å². The minimum atomic E-state index is -0.534. The molecule has 0 aliphatic heterocycles. The summed E-state index contributed by atoms with van der Waals surface area (Å²) in [5, 5.41) is 13.2. The molecule has 0 aliphatic carbocycles. The standard InChI is InChI=1S/C8H11N3O2/c1-3-11-8(13)6(5-9)4-7(12)10-2/h4H,3H2,1-2H3,(H,10,12)(H,11,13)/b6-4+. The molecule has 0 fully saturated rings. The number of rotatable bonds is 3. The fraction of sp³-hybridized carbons (Fsp3) is 0.375. The first-order chi connectivity index (χ1) is 6.15. The normalized spacial score (nSPS) is 10.1. The zero-order chi connectivity index (χ0) is 10.3. The van der Waals surface area contributed by atoms with Crippen molar-refractivity contribution in [2.24, 2.45) is 0 Å². The molecular weight excluding hydrogens is 170 g/mol. The molecule has 5 heteroatoms. The van der Waals surface area contributed by atoms with Gasteiger partial charge in [0, 0.05) is 19.7 Å². The van der Waals surface area contributed by atoms with Crippen LogP contribution in [0.15, 0.2) is 11.6 Å². The van der Waals surface area contributed by atoms with Crippen molar-refractivity contribution in [3.05, 3.63) is 11.6 Å². The highest BCUT2D eigenvalue weighted by Gasteiger charge is 2.08. The monoisotopic (exact) mass is 181 g/mol. The maximum Gasteiger partial charge on any atom is 0.262 e. The van der Waals surface area contributed by atoms with E-state index in [1.165, 1.54) is 7.05 Å². The molecule has 0 aromatic carbocycles. The lowest BCUT2D eigenvalue weighted by Crippen LogP contribution is -2.25. The number of likely N-dealkylation sites (N-methyl/N-ethyl adjacent to an activating group) is 2. The van der Waals surface area contributed by atoms with E-state index in [1.807, 2.05) is 0 Å². The molecule has 0 unspecified atom stereocenters. The van der Waals surface area contributed by atoms with Crippen LogP contribution in [0.3, 0.4) is 0 Å². The van der Waals surface area contributed by atoms with E-state index in [4.69, 9.17) is 5.26 Å². The Morgan fingerprint density at radius 1 is 1.54 bits per heavy atom. The first-order valence-corrected chi connectivity index (χ1v) is 3.77. The predicted octanol–water partition coefficient (Wildman–Crippen LogP) is -0.682. The minimum Gasteiger partial charge on any atom is -0.356 e. The van der Waals surface area contributed by atoms with Gasteiger partial charge in [0.1, 0.15) is 11.6 Å². The van der Waals surface area contributed by atoms with Crippen LogP contribution in [0.4, 0.5) is 0 Å². The van der Waals surface area contributed by atoms with E-state index in [0.29, 0.717) is 6.54 Å². The molecule has 0 aromatic rings. The van der Waals surface area contributed by atoms with Crippen LogP contribution in [-0.2, 0) is 9.59 Å². The highest BCUT2D eigenvalue weighted by Crippen LogP contribution is 1.91. The van der Waals surface area contributed by atoms with Crippen LogP contribution in [0.1, 0.15) is 6.92 Å². The van der Waals surface area contributed by atoms with Gasteiger partial charge in [0.2, 0.25) is 5.91 Å². The lowest BCUT2D eigenvalue weighted by atomic mass is 10.2. The van der Waals surface area contributed by atoms with Gasteiger partial charge in [0.25, 0.3) is 5.91 Å². The van der Waals surface area contributed by atoms with Crippen molar-refractivity contribution in [2.75, 3.05) is 13.6 Å².